The standard InChI is InChI=1S/C11H16N2O/c12-7-11(8-13-9-11)14-6-10-4-2-1-3-5-10/h1-5,13H,6-9,12H2. The van der Waals surface area contributed by atoms with Gasteiger partial charge in [0.05, 0.1) is 6.61 Å². The molecular weight excluding hydrogens is 176 g/mol. The fourth-order valence-electron chi connectivity index (χ4n) is 1.52. The van der Waals surface area contributed by atoms with Crippen molar-refractivity contribution in [3.63, 3.8) is 0 Å². The van der Waals surface area contributed by atoms with E-state index in [9.17, 15) is 0 Å². The van der Waals surface area contributed by atoms with Crippen molar-refractivity contribution in [2.24, 2.45) is 5.73 Å². The molecule has 0 spiro atoms. The summed E-state index contributed by atoms with van der Waals surface area (Å²) >= 11 is 0. The van der Waals surface area contributed by atoms with Gasteiger partial charge in [-0.25, -0.2) is 0 Å². The summed E-state index contributed by atoms with van der Waals surface area (Å²) in [6.07, 6.45) is 0. The average Bonchev–Trinajstić information content (AvgIpc) is 2.19. The SMILES string of the molecule is NCC1(OCc2ccccc2)CNC1. The molecule has 1 saturated heterocycles. The van der Waals surface area contributed by atoms with Crippen LogP contribution in [0.1, 0.15) is 5.56 Å². The lowest BCUT2D eigenvalue weighted by atomic mass is 9.97. The van der Waals surface area contributed by atoms with Crippen molar-refractivity contribution >= 4 is 0 Å². The van der Waals surface area contributed by atoms with E-state index in [2.05, 4.69) is 17.4 Å². The Balaban J connectivity index is 1.88. The van der Waals surface area contributed by atoms with Gasteiger partial charge in [0.2, 0.25) is 0 Å². The summed E-state index contributed by atoms with van der Waals surface area (Å²) in [5, 5.41) is 3.18. The molecule has 0 unspecified atom stereocenters. The molecule has 1 aliphatic heterocycles. The average molecular weight is 192 g/mol. The highest BCUT2D eigenvalue weighted by atomic mass is 16.5. The Labute approximate surface area is 84.3 Å². The van der Waals surface area contributed by atoms with Crippen LogP contribution in [0.25, 0.3) is 0 Å². The van der Waals surface area contributed by atoms with Gasteiger partial charge < -0.3 is 15.8 Å². The van der Waals surface area contributed by atoms with Gasteiger partial charge in [0.15, 0.2) is 0 Å². The molecule has 3 heteroatoms. The largest absolute Gasteiger partial charge is 0.366 e. The second-order valence-corrected chi connectivity index (χ2v) is 3.76. The van der Waals surface area contributed by atoms with Crippen molar-refractivity contribution < 1.29 is 4.74 Å². The predicted molar refractivity (Wildman–Crippen MR) is 55.9 cm³/mol. The molecule has 1 aliphatic rings. The van der Waals surface area contributed by atoms with Gasteiger partial charge in [0.25, 0.3) is 0 Å². The lowest BCUT2D eigenvalue weighted by Gasteiger charge is -2.41. The molecule has 0 radical (unpaired) electrons. The smallest absolute Gasteiger partial charge is 0.105 e. The number of hydrogen-bond acceptors (Lipinski definition) is 3. The van der Waals surface area contributed by atoms with E-state index in [0.29, 0.717) is 13.2 Å². The van der Waals surface area contributed by atoms with Crippen LogP contribution in [0, 0.1) is 0 Å². The van der Waals surface area contributed by atoms with Crippen LogP contribution in [0.3, 0.4) is 0 Å². The lowest BCUT2D eigenvalue weighted by molar-refractivity contribution is -0.0834. The maximum absolute atomic E-state index is 5.81. The number of nitrogens with one attached hydrogen (secondary N) is 1. The second-order valence-electron chi connectivity index (χ2n) is 3.76. The third kappa shape index (κ3) is 1.95. The minimum Gasteiger partial charge on any atom is -0.366 e. The number of hydrogen-bond donors (Lipinski definition) is 2. The summed E-state index contributed by atoms with van der Waals surface area (Å²) < 4.78 is 5.81. The molecule has 3 N–H and O–H groups in total. The van der Waals surface area contributed by atoms with E-state index in [1.807, 2.05) is 18.2 Å². The van der Waals surface area contributed by atoms with E-state index in [4.69, 9.17) is 10.5 Å². The van der Waals surface area contributed by atoms with Crippen LogP contribution in [-0.2, 0) is 11.3 Å². The van der Waals surface area contributed by atoms with Crippen LogP contribution in [0.2, 0.25) is 0 Å². The van der Waals surface area contributed by atoms with Crippen LogP contribution in [-0.4, -0.2) is 25.2 Å². The monoisotopic (exact) mass is 192 g/mol. The third-order valence-corrected chi connectivity index (χ3v) is 2.65. The molecule has 0 atom stereocenters. The third-order valence-electron chi connectivity index (χ3n) is 2.65. The number of rotatable bonds is 4. The second kappa shape index (κ2) is 4.09. The van der Waals surface area contributed by atoms with Crippen molar-refractivity contribution in [2.75, 3.05) is 19.6 Å². The molecule has 2 rings (SSSR count). The Hall–Kier alpha value is -0.900. The summed E-state index contributed by atoms with van der Waals surface area (Å²) in [5.41, 5.74) is 6.75. The van der Waals surface area contributed by atoms with Crippen molar-refractivity contribution in [1.82, 2.24) is 5.32 Å². The Morgan fingerprint density at radius 2 is 2.00 bits per heavy atom. The van der Waals surface area contributed by atoms with E-state index in [1.54, 1.807) is 0 Å². The quantitative estimate of drug-likeness (QED) is 0.730. The highest BCUT2D eigenvalue weighted by Gasteiger charge is 2.36. The first kappa shape index (κ1) is 9.65. The Bertz CT molecular complexity index is 277. The van der Waals surface area contributed by atoms with Crippen molar-refractivity contribution in [3.05, 3.63) is 35.9 Å². The molecule has 1 fully saturated rings. The van der Waals surface area contributed by atoms with Gasteiger partial charge in [-0.15, -0.1) is 0 Å². The Kier molecular flexibility index (Phi) is 2.82. The fourth-order valence-corrected chi connectivity index (χ4v) is 1.52. The number of nitrogens with two attached hydrogens (primary N) is 1. The zero-order valence-corrected chi connectivity index (χ0v) is 8.20. The molecule has 1 heterocycles. The minimum atomic E-state index is -0.115. The summed E-state index contributed by atoms with van der Waals surface area (Å²) in [7, 11) is 0. The normalized spacial score (nSPS) is 18.9. The van der Waals surface area contributed by atoms with E-state index in [-0.39, 0.29) is 5.60 Å². The van der Waals surface area contributed by atoms with E-state index in [1.165, 1.54) is 5.56 Å². The van der Waals surface area contributed by atoms with Crippen LogP contribution in [0.15, 0.2) is 30.3 Å². The van der Waals surface area contributed by atoms with Gasteiger partial charge in [0.1, 0.15) is 5.60 Å². The topological polar surface area (TPSA) is 47.3 Å². The maximum atomic E-state index is 5.81. The van der Waals surface area contributed by atoms with E-state index >= 15 is 0 Å². The van der Waals surface area contributed by atoms with E-state index in [0.717, 1.165) is 13.1 Å². The molecule has 0 aromatic heterocycles. The zero-order chi connectivity index (χ0) is 9.86. The summed E-state index contributed by atoms with van der Waals surface area (Å²) in [6.45, 7) is 2.99. The predicted octanol–water partition coefficient (Wildman–Crippen LogP) is 0.504. The van der Waals surface area contributed by atoms with Crippen LogP contribution in [0.4, 0.5) is 0 Å². The first-order chi connectivity index (χ1) is 6.85. The van der Waals surface area contributed by atoms with Gasteiger partial charge in [-0.05, 0) is 5.56 Å². The van der Waals surface area contributed by atoms with Gasteiger partial charge in [0, 0.05) is 19.6 Å². The molecule has 0 bridgehead atoms. The fraction of sp³-hybridized carbons (Fsp3) is 0.455. The zero-order valence-electron chi connectivity index (χ0n) is 8.20. The van der Waals surface area contributed by atoms with Crippen LogP contribution >= 0.6 is 0 Å². The van der Waals surface area contributed by atoms with Crippen molar-refractivity contribution in [1.29, 1.82) is 0 Å². The van der Waals surface area contributed by atoms with Gasteiger partial charge in [-0.3, -0.25) is 0 Å². The molecule has 0 aliphatic carbocycles. The molecule has 1 aromatic carbocycles. The molecule has 1 aromatic rings. The Morgan fingerprint density at radius 1 is 1.29 bits per heavy atom. The molecule has 0 amide bonds. The molecule has 0 saturated carbocycles. The minimum absolute atomic E-state index is 0.115. The highest BCUT2D eigenvalue weighted by molar-refractivity contribution is 5.13. The molecular formula is C11H16N2O. The maximum Gasteiger partial charge on any atom is 0.105 e. The number of ether oxygens (including phenoxy) is 1. The number of benzene rings is 1. The van der Waals surface area contributed by atoms with Crippen molar-refractivity contribution in [2.45, 2.75) is 12.2 Å². The van der Waals surface area contributed by atoms with E-state index < -0.39 is 0 Å². The van der Waals surface area contributed by atoms with Gasteiger partial charge >= 0.3 is 0 Å². The summed E-state index contributed by atoms with van der Waals surface area (Å²) in [4.78, 5) is 0. The summed E-state index contributed by atoms with van der Waals surface area (Å²) in [5.74, 6) is 0. The summed E-state index contributed by atoms with van der Waals surface area (Å²) in [6, 6.07) is 10.2. The lowest BCUT2D eigenvalue weighted by Crippen LogP contribution is -2.64. The molecule has 14 heavy (non-hydrogen) atoms. The highest BCUT2D eigenvalue weighted by Crippen LogP contribution is 2.17. The Morgan fingerprint density at radius 3 is 2.50 bits per heavy atom. The van der Waals surface area contributed by atoms with Crippen molar-refractivity contribution in [3.8, 4) is 0 Å². The van der Waals surface area contributed by atoms with Crippen LogP contribution in [0.5, 0.6) is 0 Å². The first-order valence-corrected chi connectivity index (χ1v) is 4.93. The van der Waals surface area contributed by atoms with Gasteiger partial charge in [-0.2, -0.15) is 0 Å². The molecule has 3 nitrogen and oxygen atoms in total. The van der Waals surface area contributed by atoms with Crippen LogP contribution < -0.4 is 11.1 Å². The first-order valence-electron chi connectivity index (χ1n) is 4.93. The van der Waals surface area contributed by atoms with Gasteiger partial charge in [-0.1, -0.05) is 30.3 Å². The molecule has 76 valence electrons.